The van der Waals surface area contributed by atoms with E-state index in [0.717, 1.165) is 5.56 Å². The Labute approximate surface area is 159 Å². The highest BCUT2D eigenvalue weighted by Gasteiger charge is 2.46. The number of esters is 1. The van der Waals surface area contributed by atoms with Gasteiger partial charge in [0, 0.05) is 13.1 Å². The molecule has 5 nitrogen and oxygen atoms in total. The summed E-state index contributed by atoms with van der Waals surface area (Å²) >= 11 is 6.22. The minimum absolute atomic E-state index is 0.0899. The highest BCUT2D eigenvalue weighted by Crippen LogP contribution is 2.40. The molecule has 1 aromatic rings. The van der Waals surface area contributed by atoms with Crippen LogP contribution in [0.25, 0.3) is 0 Å². The number of urea groups is 1. The molecule has 6 heteroatoms. The standard InChI is InChI=1S/C20H25ClN2O3/c1-4-26-19(24)17-12(2)8-9-14-10-23(11-15(14)17)20(25)22-18-13(3)6-5-7-16(18)21/h5-9,12,14-15,17H,4,10-11H2,1-3H3,(H,22,25)/t12-,14-,15-,17-/m0/s1. The van der Waals surface area contributed by atoms with Crippen LogP contribution in [-0.4, -0.2) is 36.6 Å². The first-order chi connectivity index (χ1) is 12.4. The van der Waals surface area contributed by atoms with Gasteiger partial charge in [-0.3, -0.25) is 4.79 Å². The van der Waals surface area contributed by atoms with Crippen LogP contribution in [0.2, 0.25) is 5.02 Å². The van der Waals surface area contributed by atoms with Crippen LogP contribution in [0, 0.1) is 30.6 Å². The predicted octanol–water partition coefficient (Wildman–Crippen LogP) is 4.11. The van der Waals surface area contributed by atoms with Crippen molar-refractivity contribution in [3.8, 4) is 0 Å². The van der Waals surface area contributed by atoms with Gasteiger partial charge in [0.2, 0.25) is 0 Å². The van der Waals surface area contributed by atoms with E-state index in [2.05, 4.69) is 17.5 Å². The molecule has 3 rings (SSSR count). The molecule has 1 aromatic carbocycles. The van der Waals surface area contributed by atoms with Gasteiger partial charge in [0.05, 0.1) is 23.2 Å². The second-order valence-corrected chi connectivity index (χ2v) is 7.52. The summed E-state index contributed by atoms with van der Waals surface area (Å²) in [5.41, 5.74) is 1.56. The van der Waals surface area contributed by atoms with Crippen LogP contribution in [0.1, 0.15) is 19.4 Å². The molecule has 0 bridgehead atoms. The van der Waals surface area contributed by atoms with Crippen molar-refractivity contribution in [3.63, 3.8) is 0 Å². The van der Waals surface area contributed by atoms with Gasteiger partial charge in [-0.1, -0.05) is 42.8 Å². The number of allylic oxidation sites excluding steroid dienone is 1. The molecular formula is C20H25ClN2O3. The SMILES string of the molecule is CCOC(=O)[C@@H]1[C@H]2CN(C(=O)Nc3c(C)cccc3Cl)C[C@@H]2C=C[C@@H]1C. The molecule has 1 aliphatic carbocycles. The summed E-state index contributed by atoms with van der Waals surface area (Å²) in [6.07, 6.45) is 4.21. The highest BCUT2D eigenvalue weighted by atomic mass is 35.5. The van der Waals surface area contributed by atoms with Gasteiger partial charge in [-0.15, -0.1) is 0 Å². The number of halogens is 1. The van der Waals surface area contributed by atoms with Gasteiger partial charge in [-0.25, -0.2) is 4.79 Å². The minimum Gasteiger partial charge on any atom is -0.466 e. The Kier molecular flexibility index (Phi) is 5.56. The number of hydrogen-bond acceptors (Lipinski definition) is 3. The quantitative estimate of drug-likeness (QED) is 0.637. The summed E-state index contributed by atoms with van der Waals surface area (Å²) in [6.45, 7) is 7.27. The van der Waals surface area contributed by atoms with E-state index in [4.69, 9.17) is 16.3 Å². The van der Waals surface area contributed by atoms with Gasteiger partial charge in [0.25, 0.3) is 0 Å². The van der Waals surface area contributed by atoms with Crippen LogP contribution in [0.15, 0.2) is 30.4 Å². The van der Waals surface area contributed by atoms with E-state index in [1.165, 1.54) is 0 Å². The maximum absolute atomic E-state index is 12.8. The molecule has 1 saturated heterocycles. The first-order valence-electron chi connectivity index (χ1n) is 9.08. The van der Waals surface area contributed by atoms with E-state index < -0.39 is 0 Å². The van der Waals surface area contributed by atoms with Gasteiger partial charge in [0.1, 0.15) is 0 Å². The Morgan fingerprint density at radius 2 is 2.08 bits per heavy atom. The number of amides is 2. The first kappa shape index (κ1) is 18.8. The fraction of sp³-hybridized carbons (Fsp3) is 0.500. The fourth-order valence-corrected chi connectivity index (χ4v) is 4.30. The van der Waals surface area contributed by atoms with Crippen LogP contribution >= 0.6 is 11.6 Å². The zero-order chi connectivity index (χ0) is 18.8. The van der Waals surface area contributed by atoms with Crippen LogP contribution < -0.4 is 5.32 Å². The molecule has 4 atom stereocenters. The highest BCUT2D eigenvalue weighted by molar-refractivity contribution is 6.33. The Balaban J connectivity index is 1.74. The maximum Gasteiger partial charge on any atom is 0.321 e. The summed E-state index contributed by atoms with van der Waals surface area (Å²) in [7, 11) is 0. The lowest BCUT2D eigenvalue weighted by Gasteiger charge is -2.31. The van der Waals surface area contributed by atoms with E-state index in [9.17, 15) is 9.59 Å². The summed E-state index contributed by atoms with van der Waals surface area (Å²) in [6, 6.07) is 5.34. The lowest BCUT2D eigenvalue weighted by Crippen LogP contribution is -2.38. The zero-order valence-corrected chi connectivity index (χ0v) is 16.1. The van der Waals surface area contributed by atoms with Crippen molar-refractivity contribution in [2.75, 3.05) is 25.0 Å². The number of nitrogens with one attached hydrogen (secondary N) is 1. The molecule has 0 saturated carbocycles. The van der Waals surface area contributed by atoms with Gasteiger partial charge in [-0.2, -0.15) is 0 Å². The summed E-state index contributed by atoms with van der Waals surface area (Å²) in [4.78, 5) is 26.9. The lowest BCUT2D eigenvalue weighted by atomic mass is 9.72. The Bertz CT molecular complexity index is 714. The third kappa shape index (κ3) is 3.58. The molecule has 0 spiro atoms. The van der Waals surface area contributed by atoms with Crippen LogP contribution in [0.3, 0.4) is 0 Å². The second-order valence-electron chi connectivity index (χ2n) is 7.12. The number of ether oxygens (including phenoxy) is 1. The third-order valence-electron chi connectivity index (χ3n) is 5.40. The largest absolute Gasteiger partial charge is 0.466 e. The van der Waals surface area contributed by atoms with Crippen LogP contribution in [0.4, 0.5) is 10.5 Å². The molecule has 2 aliphatic rings. The second kappa shape index (κ2) is 7.70. The number of benzene rings is 1. The van der Waals surface area contributed by atoms with Crippen molar-refractivity contribution in [1.29, 1.82) is 0 Å². The van der Waals surface area contributed by atoms with Crippen LogP contribution in [0.5, 0.6) is 0 Å². The average molecular weight is 377 g/mol. The van der Waals surface area contributed by atoms with Crippen LogP contribution in [-0.2, 0) is 9.53 Å². The summed E-state index contributed by atoms with van der Waals surface area (Å²) in [5.74, 6) is 0.0170. The van der Waals surface area contributed by atoms with Crippen molar-refractivity contribution in [1.82, 2.24) is 4.90 Å². The Morgan fingerprint density at radius 3 is 2.77 bits per heavy atom. The normalized spacial score (nSPS) is 27.2. The first-order valence-corrected chi connectivity index (χ1v) is 9.46. The molecule has 0 unspecified atom stereocenters. The van der Waals surface area contributed by atoms with Crippen molar-refractivity contribution in [2.45, 2.75) is 20.8 Å². The maximum atomic E-state index is 12.8. The molecule has 1 fully saturated rings. The van der Waals surface area contributed by atoms with Crippen molar-refractivity contribution in [3.05, 3.63) is 40.9 Å². The number of hydrogen-bond donors (Lipinski definition) is 1. The number of carbonyl (C=O) groups is 2. The molecule has 1 heterocycles. The average Bonchev–Trinajstić information content (AvgIpc) is 3.02. The number of aryl methyl sites for hydroxylation is 1. The van der Waals surface area contributed by atoms with Gasteiger partial charge in [-0.05, 0) is 43.2 Å². The lowest BCUT2D eigenvalue weighted by molar-refractivity contribution is -0.152. The van der Waals surface area contributed by atoms with Crippen molar-refractivity contribution in [2.24, 2.45) is 23.7 Å². The molecule has 0 radical (unpaired) electrons. The zero-order valence-electron chi connectivity index (χ0n) is 15.4. The topological polar surface area (TPSA) is 58.6 Å². The number of likely N-dealkylation sites (tertiary alicyclic amines) is 1. The summed E-state index contributed by atoms with van der Waals surface area (Å²) in [5, 5.41) is 3.45. The number of carbonyl (C=O) groups excluding carboxylic acids is 2. The predicted molar refractivity (Wildman–Crippen MR) is 102 cm³/mol. The minimum atomic E-state index is -0.204. The van der Waals surface area contributed by atoms with Crippen molar-refractivity contribution >= 4 is 29.3 Å². The van der Waals surface area contributed by atoms with Gasteiger partial charge >= 0.3 is 12.0 Å². The Morgan fingerprint density at radius 1 is 1.31 bits per heavy atom. The van der Waals surface area contributed by atoms with E-state index in [1.54, 1.807) is 11.0 Å². The number of nitrogens with zero attached hydrogens (tertiary/aromatic N) is 1. The summed E-state index contributed by atoms with van der Waals surface area (Å²) < 4.78 is 5.27. The molecular weight excluding hydrogens is 352 g/mol. The molecule has 26 heavy (non-hydrogen) atoms. The van der Waals surface area contributed by atoms with E-state index >= 15 is 0 Å². The Hall–Kier alpha value is -2.01. The van der Waals surface area contributed by atoms with Crippen molar-refractivity contribution < 1.29 is 14.3 Å². The molecule has 140 valence electrons. The molecule has 1 aliphatic heterocycles. The monoisotopic (exact) mass is 376 g/mol. The molecule has 0 aromatic heterocycles. The number of anilines is 1. The number of rotatable bonds is 3. The van der Waals surface area contributed by atoms with Gasteiger partial charge < -0.3 is 15.0 Å². The van der Waals surface area contributed by atoms with Gasteiger partial charge in [0.15, 0.2) is 0 Å². The van der Waals surface area contributed by atoms with E-state index in [1.807, 2.05) is 32.9 Å². The van der Waals surface area contributed by atoms with E-state index in [-0.39, 0.29) is 35.7 Å². The number of para-hydroxylation sites is 1. The fourth-order valence-electron chi connectivity index (χ4n) is 4.04. The third-order valence-corrected chi connectivity index (χ3v) is 5.72. The number of fused-ring (bicyclic) bond motifs is 1. The molecule has 2 amide bonds. The van der Waals surface area contributed by atoms with E-state index in [0.29, 0.717) is 30.4 Å². The molecule has 1 N–H and O–H groups in total. The smallest absolute Gasteiger partial charge is 0.321 e.